The molecule has 0 radical (unpaired) electrons. The first-order valence-corrected chi connectivity index (χ1v) is 11.6. The van der Waals surface area contributed by atoms with Crippen molar-refractivity contribution in [3.05, 3.63) is 71.0 Å². The molecule has 10 heteroatoms. The van der Waals surface area contributed by atoms with Crippen LogP contribution in [0, 0.1) is 0 Å². The molecule has 1 aliphatic heterocycles. The average Bonchev–Trinajstić information content (AvgIpc) is 2.91. The van der Waals surface area contributed by atoms with E-state index in [1.807, 2.05) is 19.9 Å². The maximum atomic E-state index is 13.1. The van der Waals surface area contributed by atoms with E-state index in [2.05, 4.69) is 20.6 Å². The third-order valence-electron chi connectivity index (χ3n) is 5.66. The molecule has 1 aliphatic rings. The normalized spacial score (nSPS) is 14.8. The van der Waals surface area contributed by atoms with Gasteiger partial charge < -0.3 is 10.2 Å². The third kappa shape index (κ3) is 5.60. The van der Waals surface area contributed by atoms with Crippen molar-refractivity contribution in [1.82, 2.24) is 25.5 Å². The molecule has 36 heavy (non-hydrogen) atoms. The topological polar surface area (TPSA) is 138 Å². The number of nitrogens with one attached hydrogen (secondary N) is 2. The Morgan fingerprint density at radius 3 is 2.53 bits per heavy atom. The number of nitrogens with zero attached hydrogens (tertiary/aromatic N) is 3. The number of hydrogen-bond donors (Lipinski definition) is 2. The highest BCUT2D eigenvalue weighted by molar-refractivity contribution is 6.06. The molecule has 1 unspecified atom stereocenters. The molecular formula is C26H27N5O5. The fourth-order valence-electron chi connectivity index (χ4n) is 3.81. The molecule has 1 atom stereocenters. The smallest absolute Gasteiger partial charge is 0.271 e. The van der Waals surface area contributed by atoms with Crippen molar-refractivity contribution in [3.8, 4) is 0 Å². The Labute approximate surface area is 208 Å². The minimum Gasteiger partial charge on any atom is -0.347 e. The van der Waals surface area contributed by atoms with Crippen LogP contribution in [0.3, 0.4) is 0 Å². The summed E-state index contributed by atoms with van der Waals surface area (Å²) < 4.78 is 0. The number of hydrogen-bond acceptors (Lipinski definition) is 7. The lowest BCUT2D eigenvalue weighted by Gasteiger charge is -2.30. The van der Waals surface area contributed by atoms with E-state index in [1.165, 1.54) is 24.2 Å². The predicted molar refractivity (Wildman–Crippen MR) is 132 cm³/mol. The summed E-state index contributed by atoms with van der Waals surface area (Å²) in [5.74, 6) is -1.96. The van der Waals surface area contributed by atoms with Gasteiger partial charge in [0, 0.05) is 25.6 Å². The van der Waals surface area contributed by atoms with Crippen LogP contribution in [-0.4, -0.2) is 57.9 Å². The second kappa shape index (κ2) is 11.8. The Balaban J connectivity index is 0.00000176. The molecule has 0 bridgehead atoms. The van der Waals surface area contributed by atoms with Crippen molar-refractivity contribution in [3.63, 3.8) is 0 Å². The number of amides is 4. The van der Waals surface area contributed by atoms with Crippen LogP contribution in [0.15, 0.2) is 48.7 Å². The van der Waals surface area contributed by atoms with E-state index in [9.17, 15) is 24.0 Å². The quantitative estimate of drug-likeness (QED) is 0.400. The van der Waals surface area contributed by atoms with Gasteiger partial charge in [0.15, 0.2) is 6.29 Å². The molecule has 2 heterocycles. The Morgan fingerprint density at radius 1 is 1.11 bits per heavy atom. The van der Waals surface area contributed by atoms with Crippen LogP contribution in [0.5, 0.6) is 0 Å². The number of carbonyl (C=O) groups excluding carboxylic acids is 5. The average molecular weight is 490 g/mol. The first-order valence-electron chi connectivity index (χ1n) is 11.6. The molecule has 1 aromatic heterocycles. The highest BCUT2D eigenvalue weighted by atomic mass is 16.2. The summed E-state index contributed by atoms with van der Waals surface area (Å²) in [7, 11) is 1.45. The van der Waals surface area contributed by atoms with E-state index >= 15 is 0 Å². The van der Waals surface area contributed by atoms with Crippen LogP contribution in [0.25, 0.3) is 11.0 Å². The molecule has 2 N–H and O–H groups in total. The molecule has 0 spiro atoms. The monoisotopic (exact) mass is 489 g/mol. The standard InChI is InChI=1S/C24H21N5O5.C2H6/c1-29(20-9-10-21(31)28-23(20)33)24(34)15-6-4-5-14(16(15)13-30)11-26-22(32)19-12-25-17-7-2-3-8-18(17)27-19;1-2/h2-8,12-13,20H,9-11H2,1H3,(H,26,32)(H,28,31,33);1-2H3. The number of para-hydroxylation sites is 2. The lowest BCUT2D eigenvalue weighted by molar-refractivity contribution is -0.136. The maximum Gasteiger partial charge on any atom is 0.271 e. The molecule has 1 saturated heterocycles. The van der Waals surface area contributed by atoms with Gasteiger partial charge >= 0.3 is 0 Å². The summed E-state index contributed by atoms with van der Waals surface area (Å²) in [5.41, 5.74) is 1.99. The molecule has 10 nitrogen and oxygen atoms in total. The number of likely N-dealkylation sites (N-methyl/N-ethyl adjacent to an activating group) is 1. The molecular weight excluding hydrogens is 462 g/mol. The van der Waals surface area contributed by atoms with Gasteiger partial charge in [0.1, 0.15) is 11.7 Å². The van der Waals surface area contributed by atoms with Crippen molar-refractivity contribution in [2.24, 2.45) is 0 Å². The van der Waals surface area contributed by atoms with Crippen LogP contribution in [-0.2, 0) is 16.1 Å². The van der Waals surface area contributed by atoms with Crippen molar-refractivity contribution in [1.29, 1.82) is 0 Å². The van der Waals surface area contributed by atoms with Crippen molar-refractivity contribution in [2.45, 2.75) is 39.3 Å². The largest absolute Gasteiger partial charge is 0.347 e. The second-order valence-corrected chi connectivity index (χ2v) is 7.81. The Hall–Kier alpha value is -4.47. The van der Waals surface area contributed by atoms with Crippen LogP contribution < -0.4 is 10.6 Å². The van der Waals surface area contributed by atoms with Gasteiger partial charge in [-0.1, -0.05) is 38.1 Å². The molecule has 2 aromatic carbocycles. The summed E-state index contributed by atoms with van der Waals surface area (Å²) in [5, 5.41) is 4.91. The number of piperidine rings is 1. The lowest BCUT2D eigenvalue weighted by Crippen LogP contribution is -2.53. The molecule has 3 aromatic rings. The van der Waals surface area contributed by atoms with Crippen molar-refractivity contribution in [2.75, 3.05) is 7.05 Å². The van der Waals surface area contributed by atoms with E-state index < -0.39 is 23.8 Å². The number of benzene rings is 2. The van der Waals surface area contributed by atoms with Gasteiger partial charge in [-0.2, -0.15) is 0 Å². The molecule has 0 saturated carbocycles. The van der Waals surface area contributed by atoms with Crippen molar-refractivity contribution >= 4 is 40.9 Å². The van der Waals surface area contributed by atoms with Gasteiger partial charge in [-0.05, 0) is 30.2 Å². The summed E-state index contributed by atoms with van der Waals surface area (Å²) in [6.45, 7) is 3.98. The molecule has 0 aliphatic carbocycles. The van der Waals surface area contributed by atoms with E-state index in [4.69, 9.17) is 0 Å². The first kappa shape index (κ1) is 26.1. The molecule has 4 amide bonds. The third-order valence-corrected chi connectivity index (χ3v) is 5.66. The molecule has 186 valence electrons. The SMILES string of the molecule is CC.CN(C(=O)c1cccc(CNC(=O)c2cnc3ccccc3n2)c1C=O)C1CCC(=O)NC1=O. The van der Waals surface area contributed by atoms with Gasteiger partial charge in [0.2, 0.25) is 11.8 Å². The second-order valence-electron chi connectivity index (χ2n) is 7.81. The van der Waals surface area contributed by atoms with E-state index in [-0.39, 0.29) is 42.1 Å². The van der Waals surface area contributed by atoms with Gasteiger partial charge in [-0.25, -0.2) is 4.98 Å². The van der Waals surface area contributed by atoms with Crippen molar-refractivity contribution < 1.29 is 24.0 Å². The minimum absolute atomic E-state index is 0.0232. The Bertz CT molecular complexity index is 1320. The zero-order chi connectivity index (χ0) is 26.2. The lowest BCUT2D eigenvalue weighted by atomic mass is 9.99. The zero-order valence-electron chi connectivity index (χ0n) is 20.3. The van der Waals surface area contributed by atoms with Crippen LogP contribution in [0.4, 0.5) is 0 Å². The summed E-state index contributed by atoms with van der Waals surface area (Å²) in [6, 6.07) is 11.0. The van der Waals surface area contributed by atoms with E-state index in [1.54, 1.807) is 30.3 Å². The predicted octanol–water partition coefficient (Wildman–Crippen LogP) is 2.28. The minimum atomic E-state index is -0.820. The van der Waals surface area contributed by atoms with Crippen LogP contribution >= 0.6 is 0 Å². The fraction of sp³-hybridized carbons (Fsp3) is 0.269. The summed E-state index contributed by atoms with van der Waals surface area (Å²) in [6.07, 6.45) is 2.24. The number of carbonyl (C=O) groups is 5. The van der Waals surface area contributed by atoms with E-state index in [0.29, 0.717) is 22.9 Å². The van der Waals surface area contributed by atoms with Gasteiger partial charge in [-0.15, -0.1) is 0 Å². The number of aldehydes is 1. The Morgan fingerprint density at radius 2 is 1.83 bits per heavy atom. The number of fused-ring (bicyclic) bond motifs is 1. The van der Waals surface area contributed by atoms with Crippen LogP contribution in [0.2, 0.25) is 0 Å². The molecule has 1 fully saturated rings. The maximum absolute atomic E-state index is 13.1. The molecule has 4 rings (SSSR count). The fourth-order valence-corrected chi connectivity index (χ4v) is 3.81. The summed E-state index contributed by atoms with van der Waals surface area (Å²) >= 11 is 0. The van der Waals surface area contributed by atoms with E-state index in [0.717, 1.165) is 0 Å². The van der Waals surface area contributed by atoms with Gasteiger partial charge in [-0.3, -0.25) is 34.3 Å². The van der Waals surface area contributed by atoms with Gasteiger partial charge in [0.05, 0.1) is 22.8 Å². The highest BCUT2D eigenvalue weighted by Crippen LogP contribution is 2.19. The Kier molecular flexibility index (Phi) is 8.56. The number of imide groups is 1. The number of aromatic nitrogens is 2. The van der Waals surface area contributed by atoms with Gasteiger partial charge in [0.25, 0.3) is 11.8 Å². The van der Waals surface area contributed by atoms with Crippen LogP contribution in [0.1, 0.15) is 63.5 Å². The number of rotatable bonds is 6. The summed E-state index contributed by atoms with van der Waals surface area (Å²) in [4.78, 5) is 70.9. The zero-order valence-corrected chi connectivity index (χ0v) is 20.3. The first-order chi connectivity index (χ1) is 17.4. The highest BCUT2D eigenvalue weighted by Gasteiger charge is 2.33.